The summed E-state index contributed by atoms with van der Waals surface area (Å²) in [6, 6.07) is 0. The van der Waals surface area contributed by atoms with E-state index >= 15 is 0 Å². The van der Waals surface area contributed by atoms with Crippen molar-refractivity contribution in [1.82, 2.24) is 0 Å². The molecule has 0 aromatic rings. The minimum absolute atomic E-state index is 0.311. The molecule has 0 unspecified atom stereocenters. The minimum Gasteiger partial charge on any atom is -0.481 e. The van der Waals surface area contributed by atoms with Crippen molar-refractivity contribution in [1.29, 1.82) is 0 Å². The third-order valence-corrected chi connectivity index (χ3v) is 4.01. The van der Waals surface area contributed by atoms with Gasteiger partial charge in [-0.3, -0.25) is 4.79 Å². The number of hydrogen-bond acceptors (Lipinski definition) is 1. The van der Waals surface area contributed by atoms with Gasteiger partial charge >= 0.3 is 5.97 Å². The Morgan fingerprint density at radius 3 is 1.90 bits per heavy atom. The van der Waals surface area contributed by atoms with Crippen molar-refractivity contribution in [2.75, 3.05) is 0 Å². The van der Waals surface area contributed by atoms with Gasteiger partial charge in [0.1, 0.15) is 0 Å². The fraction of sp³-hybridized carbons (Fsp3) is 0.842. The summed E-state index contributed by atoms with van der Waals surface area (Å²) < 4.78 is 0. The fourth-order valence-electron chi connectivity index (χ4n) is 2.59. The van der Waals surface area contributed by atoms with E-state index in [1.807, 2.05) is 0 Å². The van der Waals surface area contributed by atoms with Gasteiger partial charge in [0.15, 0.2) is 0 Å². The van der Waals surface area contributed by atoms with Gasteiger partial charge in [-0.15, -0.1) is 0 Å². The molecular formula is C19H36O2. The van der Waals surface area contributed by atoms with Crippen LogP contribution in [-0.4, -0.2) is 11.1 Å². The van der Waals surface area contributed by atoms with E-state index < -0.39 is 5.97 Å². The van der Waals surface area contributed by atoms with Crippen LogP contribution in [0.4, 0.5) is 0 Å². The monoisotopic (exact) mass is 296 g/mol. The molecule has 2 heteroatoms. The second kappa shape index (κ2) is 15.6. The Labute approximate surface area is 132 Å². The Kier molecular flexibility index (Phi) is 15.0. The van der Waals surface area contributed by atoms with Crippen LogP contribution < -0.4 is 0 Å². The predicted octanol–water partition coefficient (Wildman–Crippen LogP) is 6.50. The van der Waals surface area contributed by atoms with Gasteiger partial charge in [0.05, 0.1) is 0 Å². The topological polar surface area (TPSA) is 37.3 Å². The number of carboxylic acids is 1. The molecule has 21 heavy (non-hydrogen) atoms. The molecule has 0 aromatic heterocycles. The van der Waals surface area contributed by atoms with Gasteiger partial charge in [-0.05, 0) is 39.0 Å². The van der Waals surface area contributed by atoms with E-state index in [1.165, 1.54) is 69.8 Å². The zero-order valence-corrected chi connectivity index (χ0v) is 14.3. The summed E-state index contributed by atoms with van der Waals surface area (Å²) in [5.41, 5.74) is 1.48. The number of carbonyl (C=O) groups is 1. The van der Waals surface area contributed by atoms with Crippen molar-refractivity contribution in [3.05, 3.63) is 11.6 Å². The van der Waals surface area contributed by atoms with Crippen LogP contribution in [0, 0.1) is 0 Å². The molecule has 1 N–H and O–H groups in total. The molecule has 0 bridgehead atoms. The summed E-state index contributed by atoms with van der Waals surface area (Å²) in [7, 11) is 0. The highest BCUT2D eigenvalue weighted by atomic mass is 16.4. The molecular weight excluding hydrogens is 260 g/mol. The highest BCUT2D eigenvalue weighted by Gasteiger charge is 1.96. The number of aliphatic carboxylic acids is 1. The van der Waals surface area contributed by atoms with Crippen LogP contribution in [0.2, 0.25) is 0 Å². The summed E-state index contributed by atoms with van der Waals surface area (Å²) in [5, 5.41) is 8.55. The molecule has 0 fully saturated rings. The lowest BCUT2D eigenvalue weighted by atomic mass is 10.0. The first kappa shape index (κ1) is 20.2. The normalized spacial score (nSPS) is 11.8. The molecule has 124 valence electrons. The fourth-order valence-corrected chi connectivity index (χ4v) is 2.59. The van der Waals surface area contributed by atoms with Crippen LogP contribution in [0.5, 0.6) is 0 Å². The van der Waals surface area contributed by atoms with Crippen molar-refractivity contribution in [3.63, 3.8) is 0 Å². The van der Waals surface area contributed by atoms with Crippen molar-refractivity contribution >= 4 is 5.97 Å². The van der Waals surface area contributed by atoms with Crippen LogP contribution in [0.3, 0.4) is 0 Å². The predicted molar refractivity (Wildman–Crippen MR) is 91.7 cm³/mol. The van der Waals surface area contributed by atoms with Gasteiger partial charge in [0.25, 0.3) is 0 Å². The third kappa shape index (κ3) is 17.2. The van der Waals surface area contributed by atoms with Gasteiger partial charge in [-0.25, -0.2) is 0 Å². The molecule has 0 saturated carbocycles. The Morgan fingerprint density at radius 2 is 1.33 bits per heavy atom. The summed E-state index contributed by atoms with van der Waals surface area (Å²) in [4.78, 5) is 10.4. The standard InChI is InChI=1S/C19H36O2/c1-3-4-5-6-7-8-9-10-12-15-18(2)16-13-11-14-17-19(20)21/h16H,3-15,17H2,1-2H3,(H,20,21). The zero-order chi connectivity index (χ0) is 15.8. The lowest BCUT2D eigenvalue weighted by molar-refractivity contribution is -0.137. The Bertz CT molecular complexity index is 269. The van der Waals surface area contributed by atoms with E-state index in [0.717, 1.165) is 19.3 Å². The van der Waals surface area contributed by atoms with Crippen LogP contribution in [0.15, 0.2) is 11.6 Å². The number of hydrogen-bond donors (Lipinski definition) is 1. The Hall–Kier alpha value is -0.790. The SMILES string of the molecule is CCCCCCCCCCCC(C)=CCCCCC(=O)O. The van der Waals surface area contributed by atoms with Gasteiger partial charge in [-0.1, -0.05) is 69.9 Å². The summed E-state index contributed by atoms with van der Waals surface area (Å²) >= 11 is 0. The maximum Gasteiger partial charge on any atom is 0.303 e. The van der Waals surface area contributed by atoms with Crippen LogP contribution in [0.25, 0.3) is 0 Å². The molecule has 2 nitrogen and oxygen atoms in total. The largest absolute Gasteiger partial charge is 0.481 e. The minimum atomic E-state index is -0.676. The maximum absolute atomic E-state index is 10.4. The molecule has 0 rings (SSSR count). The first-order valence-electron chi connectivity index (χ1n) is 9.04. The van der Waals surface area contributed by atoms with E-state index in [0.29, 0.717) is 6.42 Å². The second-order valence-electron chi connectivity index (χ2n) is 6.27. The molecule has 0 radical (unpaired) electrons. The van der Waals surface area contributed by atoms with Gasteiger partial charge in [-0.2, -0.15) is 0 Å². The number of carboxylic acid groups (broad SMARTS) is 1. The van der Waals surface area contributed by atoms with Crippen LogP contribution >= 0.6 is 0 Å². The van der Waals surface area contributed by atoms with E-state index in [2.05, 4.69) is 19.9 Å². The number of allylic oxidation sites excluding steroid dienone is 2. The highest BCUT2D eigenvalue weighted by Crippen LogP contribution is 2.14. The molecule has 0 atom stereocenters. The Balaban J connectivity index is 3.28. The quantitative estimate of drug-likeness (QED) is 0.277. The third-order valence-electron chi connectivity index (χ3n) is 4.01. The lowest BCUT2D eigenvalue weighted by Crippen LogP contribution is -1.93. The lowest BCUT2D eigenvalue weighted by Gasteiger charge is -2.03. The molecule has 0 aliphatic rings. The molecule has 0 aliphatic heterocycles. The molecule has 0 saturated heterocycles. The highest BCUT2D eigenvalue weighted by molar-refractivity contribution is 5.66. The van der Waals surface area contributed by atoms with Gasteiger partial charge in [0, 0.05) is 6.42 Å². The first-order valence-corrected chi connectivity index (χ1v) is 9.04. The Morgan fingerprint density at radius 1 is 0.810 bits per heavy atom. The second-order valence-corrected chi connectivity index (χ2v) is 6.27. The van der Waals surface area contributed by atoms with E-state index in [9.17, 15) is 4.79 Å². The van der Waals surface area contributed by atoms with E-state index in [1.54, 1.807) is 0 Å². The zero-order valence-electron chi connectivity index (χ0n) is 14.3. The number of unbranched alkanes of at least 4 members (excludes halogenated alkanes) is 10. The average Bonchev–Trinajstić information content (AvgIpc) is 2.45. The summed E-state index contributed by atoms with van der Waals surface area (Å²) in [6.07, 6.45) is 19.1. The van der Waals surface area contributed by atoms with Gasteiger partial charge in [0.2, 0.25) is 0 Å². The molecule has 0 aliphatic carbocycles. The van der Waals surface area contributed by atoms with Crippen molar-refractivity contribution in [3.8, 4) is 0 Å². The molecule has 0 heterocycles. The van der Waals surface area contributed by atoms with E-state index in [4.69, 9.17) is 5.11 Å². The molecule has 0 spiro atoms. The molecule has 0 aromatic carbocycles. The van der Waals surface area contributed by atoms with Crippen LogP contribution in [0.1, 0.15) is 104 Å². The summed E-state index contributed by atoms with van der Waals surface area (Å²) in [6.45, 7) is 4.48. The molecule has 0 amide bonds. The van der Waals surface area contributed by atoms with Gasteiger partial charge < -0.3 is 5.11 Å². The van der Waals surface area contributed by atoms with E-state index in [-0.39, 0.29) is 0 Å². The summed E-state index contributed by atoms with van der Waals surface area (Å²) in [5.74, 6) is -0.676. The van der Waals surface area contributed by atoms with Crippen molar-refractivity contribution in [2.45, 2.75) is 104 Å². The average molecular weight is 296 g/mol. The van der Waals surface area contributed by atoms with Crippen LogP contribution in [-0.2, 0) is 4.79 Å². The number of rotatable bonds is 15. The van der Waals surface area contributed by atoms with Crippen molar-refractivity contribution < 1.29 is 9.90 Å². The van der Waals surface area contributed by atoms with Crippen molar-refractivity contribution in [2.24, 2.45) is 0 Å². The maximum atomic E-state index is 10.4. The first-order chi connectivity index (χ1) is 10.2. The smallest absolute Gasteiger partial charge is 0.303 e.